The summed E-state index contributed by atoms with van der Waals surface area (Å²) in [6, 6.07) is 5.58. The first-order chi connectivity index (χ1) is 9.12. The zero-order valence-corrected chi connectivity index (χ0v) is 12.8. The fraction of sp³-hybridized carbons (Fsp3) is 0.647. The van der Waals surface area contributed by atoms with Crippen LogP contribution in [0.3, 0.4) is 0 Å². The van der Waals surface area contributed by atoms with Crippen molar-refractivity contribution in [2.75, 3.05) is 6.54 Å². The molecule has 0 heterocycles. The van der Waals surface area contributed by atoms with Crippen molar-refractivity contribution < 1.29 is 4.39 Å². The lowest BCUT2D eigenvalue weighted by Crippen LogP contribution is -2.38. The van der Waals surface area contributed by atoms with E-state index in [1.165, 1.54) is 18.4 Å². The van der Waals surface area contributed by atoms with Crippen LogP contribution in [0.4, 0.5) is 4.39 Å². The molecule has 0 saturated heterocycles. The van der Waals surface area contributed by atoms with E-state index in [1.54, 1.807) is 12.1 Å². The van der Waals surface area contributed by atoms with Gasteiger partial charge < -0.3 is 5.32 Å². The lowest BCUT2D eigenvalue weighted by Gasteiger charge is -2.27. The highest BCUT2D eigenvalue weighted by atomic mass is 19.1. The minimum Gasteiger partial charge on any atom is -0.313 e. The summed E-state index contributed by atoms with van der Waals surface area (Å²) in [6.45, 7) is 9.78. The van der Waals surface area contributed by atoms with E-state index in [0.717, 1.165) is 24.9 Å². The average Bonchev–Trinajstić information content (AvgIpc) is 2.41. The molecule has 1 nitrogen and oxygen atoms in total. The molecular formula is C17H28FN. The van der Waals surface area contributed by atoms with Crippen LogP contribution in [0.2, 0.25) is 0 Å². The topological polar surface area (TPSA) is 12.0 Å². The highest BCUT2D eigenvalue weighted by molar-refractivity contribution is 5.27. The summed E-state index contributed by atoms with van der Waals surface area (Å²) in [6.07, 6.45) is 4.41. The van der Waals surface area contributed by atoms with E-state index in [2.05, 4.69) is 33.0 Å². The van der Waals surface area contributed by atoms with Gasteiger partial charge in [-0.2, -0.15) is 0 Å². The van der Waals surface area contributed by atoms with Crippen LogP contribution in [0.5, 0.6) is 0 Å². The third-order valence-electron chi connectivity index (χ3n) is 4.03. The van der Waals surface area contributed by atoms with E-state index >= 15 is 0 Å². The van der Waals surface area contributed by atoms with Crippen LogP contribution in [0, 0.1) is 18.7 Å². The van der Waals surface area contributed by atoms with Gasteiger partial charge in [-0.3, -0.25) is 0 Å². The van der Waals surface area contributed by atoms with Crippen LogP contribution in [0.15, 0.2) is 18.2 Å². The molecule has 1 N–H and O–H groups in total. The number of halogens is 1. The highest BCUT2D eigenvalue weighted by Crippen LogP contribution is 2.20. The minimum absolute atomic E-state index is 0.126. The second kappa shape index (κ2) is 8.31. The van der Waals surface area contributed by atoms with Gasteiger partial charge in [0.05, 0.1) is 0 Å². The number of benzene rings is 1. The predicted molar refractivity (Wildman–Crippen MR) is 81.0 cm³/mol. The molecule has 0 fully saturated rings. The predicted octanol–water partition coefficient (Wildman–Crippen LogP) is 4.48. The van der Waals surface area contributed by atoms with E-state index in [4.69, 9.17) is 0 Å². The van der Waals surface area contributed by atoms with Crippen molar-refractivity contribution in [3.8, 4) is 0 Å². The number of rotatable bonds is 8. The maximum Gasteiger partial charge on any atom is 0.123 e. The lowest BCUT2D eigenvalue weighted by atomic mass is 9.88. The Labute approximate surface area is 117 Å². The van der Waals surface area contributed by atoms with Gasteiger partial charge >= 0.3 is 0 Å². The Morgan fingerprint density at radius 1 is 1.16 bits per heavy atom. The molecule has 0 saturated carbocycles. The Hall–Kier alpha value is -0.890. The van der Waals surface area contributed by atoms with Crippen LogP contribution < -0.4 is 5.32 Å². The summed E-state index contributed by atoms with van der Waals surface area (Å²) in [7, 11) is 0. The van der Waals surface area contributed by atoms with E-state index in [9.17, 15) is 4.39 Å². The number of hydrogen-bond donors (Lipinski definition) is 1. The van der Waals surface area contributed by atoms with Crippen LogP contribution in [0.25, 0.3) is 0 Å². The van der Waals surface area contributed by atoms with Gasteiger partial charge in [-0.15, -0.1) is 0 Å². The Kier molecular flexibility index (Phi) is 7.07. The highest BCUT2D eigenvalue weighted by Gasteiger charge is 2.19. The van der Waals surface area contributed by atoms with Crippen molar-refractivity contribution in [3.63, 3.8) is 0 Å². The van der Waals surface area contributed by atoms with Crippen LogP contribution >= 0.6 is 0 Å². The van der Waals surface area contributed by atoms with Crippen molar-refractivity contribution in [1.82, 2.24) is 5.32 Å². The summed E-state index contributed by atoms with van der Waals surface area (Å²) in [5.41, 5.74) is 2.33. The summed E-state index contributed by atoms with van der Waals surface area (Å²) in [4.78, 5) is 0. The molecule has 1 atom stereocenters. The Morgan fingerprint density at radius 3 is 2.42 bits per heavy atom. The zero-order valence-electron chi connectivity index (χ0n) is 12.8. The summed E-state index contributed by atoms with van der Waals surface area (Å²) in [5.74, 6) is 0.536. The summed E-state index contributed by atoms with van der Waals surface area (Å²) in [5, 5.41) is 3.64. The van der Waals surface area contributed by atoms with Crippen molar-refractivity contribution in [3.05, 3.63) is 35.1 Å². The first-order valence-corrected chi connectivity index (χ1v) is 7.60. The van der Waals surface area contributed by atoms with Crippen LogP contribution in [-0.2, 0) is 6.42 Å². The molecule has 0 spiro atoms. The molecule has 0 radical (unpaired) electrons. The maximum absolute atomic E-state index is 13.4. The number of aryl methyl sites for hydroxylation is 1. The van der Waals surface area contributed by atoms with Gasteiger partial charge in [-0.25, -0.2) is 4.39 Å². The zero-order chi connectivity index (χ0) is 14.3. The molecule has 0 aliphatic carbocycles. The molecule has 1 aromatic carbocycles. The fourth-order valence-corrected chi connectivity index (χ4v) is 2.69. The van der Waals surface area contributed by atoms with Crippen LogP contribution in [-0.4, -0.2) is 12.6 Å². The number of hydrogen-bond acceptors (Lipinski definition) is 1. The molecule has 0 aliphatic heterocycles. The van der Waals surface area contributed by atoms with E-state index in [-0.39, 0.29) is 5.82 Å². The molecule has 19 heavy (non-hydrogen) atoms. The molecule has 1 rings (SSSR count). The molecule has 1 unspecified atom stereocenters. The second-order valence-electron chi connectivity index (χ2n) is 5.41. The minimum atomic E-state index is -0.126. The number of nitrogens with one attached hydrogen (secondary N) is 1. The molecule has 0 bridgehead atoms. The van der Waals surface area contributed by atoms with Crippen molar-refractivity contribution in [1.29, 1.82) is 0 Å². The summed E-state index contributed by atoms with van der Waals surface area (Å²) >= 11 is 0. The van der Waals surface area contributed by atoms with Gasteiger partial charge in [0.2, 0.25) is 0 Å². The van der Waals surface area contributed by atoms with Gasteiger partial charge in [0.15, 0.2) is 0 Å². The van der Waals surface area contributed by atoms with Crippen molar-refractivity contribution >= 4 is 0 Å². The standard InChI is InChI=1S/C17H28FN/c1-5-10-19-17(14(6-2)7-3)12-15-11-16(18)9-8-13(15)4/h8-9,11,14,17,19H,5-7,10,12H2,1-4H3. The monoisotopic (exact) mass is 265 g/mol. The second-order valence-corrected chi connectivity index (χ2v) is 5.41. The molecule has 1 aromatic rings. The molecule has 0 amide bonds. The van der Waals surface area contributed by atoms with E-state index < -0.39 is 0 Å². The Bertz CT molecular complexity index is 372. The van der Waals surface area contributed by atoms with Gasteiger partial charge in [-0.1, -0.05) is 39.7 Å². The Balaban J connectivity index is 2.83. The van der Waals surface area contributed by atoms with Crippen molar-refractivity contribution in [2.24, 2.45) is 5.92 Å². The van der Waals surface area contributed by atoms with Crippen LogP contribution in [0.1, 0.15) is 51.2 Å². The molecule has 2 heteroatoms. The van der Waals surface area contributed by atoms with Gasteiger partial charge in [0.1, 0.15) is 5.82 Å². The van der Waals surface area contributed by atoms with Gasteiger partial charge in [0.25, 0.3) is 0 Å². The van der Waals surface area contributed by atoms with Gasteiger partial charge in [-0.05, 0) is 55.5 Å². The molecule has 108 valence electrons. The van der Waals surface area contributed by atoms with E-state index in [0.29, 0.717) is 12.0 Å². The largest absolute Gasteiger partial charge is 0.313 e. The van der Waals surface area contributed by atoms with Crippen molar-refractivity contribution in [2.45, 2.75) is 59.4 Å². The normalized spacial score (nSPS) is 12.9. The van der Waals surface area contributed by atoms with E-state index in [1.807, 2.05) is 6.07 Å². The van der Waals surface area contributed by atoms with Gasteiger partial charge in [0, 0.05) is 6.04 Å². The molecule has 0 aliphatic rings. The molecule has 0 aromatic heterocycles. The SMILES string of the molecule is CCCNC(Cc1cc(F)ccc1C)C(CC)CC. The Morgan fingerprint density at radius 2 is 1.84 bits per heavy atom. The third-order valence-corrected chi connectivity index (χ3v) is 4.03. The maximum atomic E-state index is 13.4. The fourth-order valence-electron chi connectivity index (χ4n) is 2.69. The quantitative estimate of drug-likeness (QED) is 0.730. The third kappa shape index (κ3) is 4.94. The summed E-state index contributed by atoms with van der Waals surface area (Å²) < 4.78 is 13.4. The smallest absolute Gasteiger partial charge is 0.123 e. The molecular weight excluding hydrogens is 237 g/mol. The lowest BCUT2D eigenvalue weighted by molar-refractivity contribution is 0.331. The first-order valence-electron chi connectivity index (χ1n) is 7.60. The first kappa shape index (κ1) is 16.2. The average molecular weight is 265 g/mol.